The van der Waals surface area contributed by atoms with Crippen molar-refractivity contribution >= 4 is 11.6 Å². The lowest BCUT2D eigenvalue weighted by Crippen LogP contribution is -2.29. The summed E-state index contributed by atoms with van der Waals surface area (Å²) >= 11 is 5.73. The SMILES string of the molecule is CC(Cn1ccnc1)NCc1ccc(F)c(Cl)c1. The van der Waals surface area contributed by atoms with Gasteiger partial charge in [-0.25, -0.2) is 9.37 Å². The van der Waals surface area contributed by atoms with E-state index in [1.165, 1.54) is 6.07 Å². The Morgan fingerprint density at radius 3 is 3.00 bits per heavy atom. The van der Waals surface area contributed by atoms with Crippen molar-refractivity contribution in [2.45, 2.75) is 26.1 Å². The Kier molecular flexibility index (Phi) is 4.33. The highest BCUT2D eigenvalue weighted by Gasteiger charge is 2.04. The van der Waals surface area contributed by atoms with Crippen molar-refractivity contribution < 1.29 is 4.39 Å². The standard InChI is InChI=1S/C13H15ClFN3/c1-10(8-18-5-4-16-9-18)17-7-11-2-3-13(15)12(14)6-11/h2-6,9-10,17H,7-8H2,1H3. The normalized spacial score (nSPS) is 12.6. The number of rotatable bonds is 5. The lowest BCUT2D eigenvalue weighted by Gasteiger charge is -2.14. The van der Waals surface area contributed by atoms with E-state index < -0.39 is 0 Å². The largest absolute Gasteiger partial charge is 0.336 e. The average Bonchev–Trinajstić information content (AvgIpc) is 2.83. The molecule has 1 heterocycles. The minimum Gasteiger partial charge on any atom is -0.336 e. The second-order valence-corrected chi connectivity index (χ2v) is 4.70. The fraction of sp³-hybridized carbons (Fsp3) is 0.308. The van der Waals surface area contributed by atoms with Crippen molar-refractivity contribution in [1.82, 2.24) is 14.9 Å². The molecule has 5 heteroatoms. The highest BCUT2D eigenvalue weighted by Crippen LogP contribution is 2.15. The molecule has 0 bridgehead atoms. The molecule has 0 spiro atoms. The van der Waals surface area contributed by atoms with Gasteiger partial charge in [0.2, 0.25) is 0 Å². The Morgan fingerprint density at radius 2 is 2.33 bits per heavy atom. The first-order valence-corrected chi connectivity index (χ1v) is 6.16. The molecule has 0 saturated carbocycles. The zero-order valence-corrected chi connectivity index (χ0v) is 10.9. The molecule has 3 nitrogen and oxygen atoms in total. The zero-order valence-electron chi connectivity index (χ0n) is 10.1. The average molecular weight is 268 g/mol. The first-order chi connectivity index (χ1) is 8.65. The van der Waals surface area contributed by atoms with Gasteiger partial charge in [-0.2, -0.15) is 0 Å². The van der Waals surface area contributed by atoms with E-state index >= 15 is 0 Å². The molecule has 1 aromatic heterocycles. The van der Waals surface area contributed by atoms with Gasteiger partial charge in [-0.1, -0.05) is 17.7 Å². The van der Waals surface area contributed by atoms with Crippen LogP contribution in [0.5, 0.6) is 0 Å². The van der Waals surface area contributed by atoms with E-state index in [1.807, 2.05) is 10.8 Å². The summed E-state index contributed by atoms with van der Waals surface area (Å²) in [7, 11) is 0. The summed E-state index contributed by atoms with van der Waals surface area (Å²) in [5, 5.41) is 3.52. The van der Waals surface area contributed by atoms with Crippen LogP contribution in [0, 0.1) is 5.82 Å². The van der Waals surface area contributed by atoms with Crippen LogP contribution >= 0.6 is 11.6 Å². The molecule has 1 atom stereocenters. The molecule has 0 saturated heterocycles. The van der Waals surface area contributed by atoms with Crippen LogP contribution in [0.2, 0.25) is 5.02 Å². The van der Waals surface area contributed by atoms with Gasteiger partial charge < -0.3 is 9.88 Å². The molecule has 1 N–H and O–H groups in total. The predicted octanol–water partition coefficient (Wildman–Crippen LogP) is 2.85. The lowest BCUT2D eigenvalue weighted by molar-refractivity contribution is 0.476. The van der Waals surface area contributed by atoms with Gasteiger partial charge in [0.1, 0.15) is 5.82 Å². The lowest BCUT2D eigenvalue weighted by atomic mass is 10.2. The van der Waals surface area contributed by atoms with Crippen LogP contribution in [-0.4, -0.2) is 15.6 Å². The second-order valence-electron chi connectivity index (χ2n) is 4.29. The molecule has 1 aromatic carbocycles. The molecule has 0 aliphatic heterocycles. The van der Waals surface area contributed by atoms with Crippen LogP contribution in [0.25, 0.3) is 0 Å². The maximum atomic E-state index is 13.0. The van der Waals surface area contributed by atoms with E-state index in [0.717, 1.165) is 12.1 Å². The Labute approximate surface area is 111 Å². The molecule has 0 fully saturated rings. The second kappa shape index (κ2) is 5.98. The van der Waals surface area contributed by atoms with Gasteiger partial charge in [-0.05, 0) is 24.6 Å². The molecule has 2 rings (SSSR count). The maximum absolute atomic E-state index is 13.0. The van der Waals surface area contributed by atoms with Crippen LogP contribution < -0.4 is 5.32 Å². The third-order valence-corrected chi connectivity index (χ3v) is 2.97. The topological polar surface area (TPSA) is 29.9 Å². The summed E-state index contributed by atoms with van der Waals surface area (Å²) in [5.41, 5.74) is 0.971. The van der Waals surface area contributed by atoms with E-state index in [1.54, 1.807) is 24.7 Å². The van der Waals surface area contributed by atoms with E-state index in [9.17, 15) is 4.39 Å². The van der Waals surface area contributed by atoms with Gasteiger partial charge in [0.15, 0.2) is 0 Å². The third-order valence-electron chi connectivity index (χ3n) is 2.68. The van der Waals surface area contributed by atoms with Crippen LogP contribution in [0.3, 0.4) is 0 Å². The predicted molar refractivity (Wildman–Crippen MR) is 69.9 cm³/mol. The molecule has 0 radical (unpaired) electrons. The van der Waals surface area contributed by atoms with Crippen molar-refractivity contribution in [3.05, 3.63) is 53.3 Å². The quantitative estimate of drug-likeness (QED) is 0.903. The number of halogens is 2. The summed E-state index contributed by atoms with van der Waals surface area (Å²) in [6.07, 6.45) is 5.46. The third kappa shape index (κ3) is 3.55. The van der Waals surface area contributed by atoms with Crippen molar-refractivity contribution in [3.8, 4) is 0 Å². The zero-order chi connectivity index (χ0) is 13.0. The molecule has 0 aliphatic carbocycles. The van der Waals surface area contributed by atoms with Crippen LogP contribution in [0.15, 0.2) is 36.9 Å². The van der Waals surface area contributed by atoms with Crippen molar-refractivity contribution in [2.75, 3.05) is 0 Å². The molecule has 2 aromatic rings. The van der Waals surface area contributed by atoms with Gasteiger partial charge in [0, 0.05) is 31.5 Å². The summed E-state index contributed by atoms with van der Waals surface area (Å²) in [6.45, 7) is 3.59. The van der Waals surface area contributed by atoms with Crippen molar-refractivity contribution in [3.63, 3.8) is 0 Å². The monoisotopic (exact) mass is 267 g/mol. The Bertz CT molecular complexity index is 499. The molecule has 0 aliphatic rings. The molecule has 18 heavy (non-hydrogen) atoms. The highest BCUT2D eigenvalue weighted by molar-refractivity contribution is 6.30. The van der Waals surface area contributed by atoms with Gasteiger partial charge in [-0.15, -0.1) is 0 Å². The molecule has 0 amide bonds. The minimum atomic E-state index is -0.383. The molecule has 1 unspecified atom stereocenters. The number of hydrogen-bond donors (Lipinski definition) is 1. The summed E-state index contributed by atoms with van der Waals surface area (Å²) in [5.74, 6) is -0.383. The smallest absolute Gasteiger partial charge is 0.141 e. The molecular formula is C13H15ClFN3. The highest BCUT2D eigenvalue weighted by atomic mass is 35.5. The summed E-state index contributed by atoms with van der Waals surface area (Å²) in [6, 6.07) is 5.06. The maximum Gasteiger partial charge on any atom is 0.141 e. The van der Waals surface area contributed by atoms with Gasteiger partial charge in [0.25, 0.3) is 0 Å². The number of aromatic nitrogens is 2. The fourth-order valence-corrected chi connectivity index (χ4v) is 1.92. The van der Waals surface area contributed by atoms with E-state index in [2.05, 4.69) is 17.2 Å². The number of imidazole rings is 1. The van der Waals surface area contributed by atoms with E-state index in [-0.39, 0.29) is 10.8 Å². The van der Waals surface area contributed by atoms with Crippen LogP contribution in [0.4, 0.5) is 4.39 Å². The van der Waals surface area contributed by atoms with Gasteiger partial charge >= 0.3 is 0 Å². The van der Waals surface area contributed by atoms with E-state index in [0.29, 0.717) is 12.6 Å². The number of nitrogens with zero attached hydrogens (tertiary/aromatic N) is 2. The van der Waals surface area contributed by atoms with E-state index in [4.69, 9.17) is 11.6 Å². The Morgan fingerprint density at radius 1 is 1.50 bits per heavy atom. The van der Waals surface area contributed by atoms with Crippen LogP contribution in [-0.2, 0) is 13.1 Å². The Balaban J connectivity index is 1.85. The number of benzene rings is 1. The molecule has 96 valence electrons. The fourth-order valence-electron chi connectivity index (χ4n) is 1.72. The summed E-state index contributed by atoms with van der Waals surface area (Å²) < 4.78 is 15.0. The van der Waals surface area contributed by atoms with Crippen molar-refractivity contribution in [2.24, 2.45) is 0 Å². The Hall–Kier alpha value is -1.39. The van der Waals surface area contributed by atoms with Gasteiger partial charge in [-0.3, -0.25) is 0 Å². The van der Waals surface area contributed by atoms with Gasteiger partial charge in [0.05, 0.1) is 11.3 Å². The first kappa shape index (κ1) is 13.1. The first-order valence-electron chi connectivity index (χ1n) is 5.78. The summed E-state index contributed by atoms with van der Waals surface area (Å²) in [4.78, 5) is 3.99. The minimum absolute atomic E-state index is 0.163. The number of nitrogens with one attached hydrogen (secondary N) is 1. The number of hydrogen-bond acceptors (Lipinski definition) is 2. The van der Waals surface area contributed by atoms with Crippen molar-refractivity contribution in [1.29, 1.82) is 0 Å². The molecular weight excluding hydrogens is 253 g/mol. The van der Waals surface area contributed by atoms with Crippen LogP contribution in [0.1, 0.15) is 12.5 Å².